The van der Waals surface area contributed by atoms with Gasteiger partial charge in [0.25, 0.3) is 0 Å². The summed E-state index contributed by atoms with van der Waals surface area (Å²) in [5.74, 6) is 0.0766. The van der Waals surface area contributed by atoms with Crippen LogP contribution in [0.3, 0.4) is 0 Å². The molecule has 0 bridgehead atoms. The fourth-order valence-corrected chi connectivity index (χ4v) is 3.28. The van der Waals surface area contributed by atoms with Crippen LogP contribution in [0.4, 0.5) is 4.39 Å². The van der Waals surface area contributed by atoms with Crippen molar-refractivity contribution in [1.82, 2.24) is 10.2 Å². The van der Waals surface area contributed by atoms with Crippen LogP contribution < -0.4 is 5.32 Å². The van der Waals surface area contributed by atoms with Crippen LogP contribution in [-0.4, -0.2) is 31.6 Å². The molecule has 21 heavy (non-hydrogen) atoms. The van der Waals surface area contributed by atoms with Gasteiger partial charge in [0.1, 0.15) is 11.9 Å². The van der Waals surface area contributed by atoms with Crippen LogP contribution in [0.1, 0.15) is 43.4 Å². The van der Waals surface area contributed by atoms with E-state index in [4.69, 9.17) is 5.26 Å². The van der Waals surface area contributed by atoms with E-state index >= 15 is 0 Å². The number of nitrogens with one attached hydrogen (secondary N) is 1. The molecular formula is C17H24FN3. The predicted octanol–water partition coefficient (Wildman–Crippen LogP) is 3.08. The quantitative estimate of drug-likeness (QED) is 0.847. The number of hydrogen-bond donors (Lipinski definition) is 1. The fraction of sp³-hybridized carbons (Fsp3) is 0.588. The second kappa shape index (κ2) is 7.53. The zero-order valence-electron chi connectivity index (χ0n) is 12.9. The summed E-state index contributed by atoms with van der Waals surface area (Å²) in [5.41, 5.74) is 1.20. The molecule has 1 aromatic rings. The molecule has 1 aliphatic heterocycles. The van der Waals surface area contributed by atoms with Crippen molar-refractivity contribution in [3.05, 3.63) is 35.1 Å². The summed E-state index contributed by atoms with van der Waals surface area (Å²) in [7, 11) is 2.12. The zero-order chi connectivity index (χ0) is 15.2. The Balaban J connectivity index is 2.21. The molecule has 2 rings (SSSR count). The largest absolute Gasteiger partial charge is 0.316 e. The van der Waals surface area contributed by atoms with Gasteiger partial charge in [0.15, 0.2) is 0 Å². The number of piperidine rings is 1. The number of hydrogen-bond acceptors (Lipinski definition) is 3. The highest BCUT2D eigenvalue weighted by Gasteiger charge is 2.30. The van der Waals surface area contributed by atoms with Crippen LogP contribution in [0.5, 0.6) is 0 Å². The summed E-state index contributed by atoms with van der Waals surface area (Å²) in [5, 5.41) is 12.5. The Bertz CT molecular complexity index is 509. The second-order valence-corrected chi connectivity index (χ2v) is 5.88. The molecule has 4 heteroatoms. The first-order valence-corrected chi connectivity index (χ1v) is 7.77. The van der Waals surface area contributed by atoms with Gasteiger partial charge in [-0.2, -0.15) is 5.26 Å². The van der Waals surface area contributed by atoms with Crippen molar-refractivity contribution in [3.63, 3.8) is 0 Å². The molecule has 1 aliphatic rings. The monoisotopic (exact) mass is 289 g/mol. The lowest BCUT2D eigenvalue weighted by molar-refractivity contribution is 0.119. The van der Waals surface area contributed by atoms with Crippen LogP contribution in [0.15, 0.2) is 18.2 Å². The van der Waals surface area contributed by atoms with Crippen LogP contribution in [-0.2, 0) is 0 Å². The number of halogens is 1. The molecule has 1 saturated heterocycles. The Labute approximate surface area is 126 Å². The van der Waals surface area contributed by atoms with E-state index in [1.54, 1.807) is 6.07 Å². The summed E-state index contributed by atoms with van der Waals surface area (Å²) in [6.45, 7) is 5.22. The van der Waals surface area contributed by atoms with Crippen molar-refractivity contribution < 1.29 is 4.39 Å². The first-order valence-electron chi connectivity index (χ1n) is 7.77. The van der Waals surface area contributed by atoms with Crippen LogP contribution in [0, 0.1) is 23.1 Å². The van der Waals surface area contributed by atoms with Crippen molar-refractivity contribution in [2.45, 2.75) is 32.2 Å². The van der Waals surface area contributed by atoms with Gasteiger partial charge in [-0.1, -0.05) is 13.0 Å². The van der Waals surface area contributed by atoms with Gasteiger partial charge in [-0.3, -0.25) is 4.90 Å². The van der Waals surface area contributed by atoms with Crippen LogP contribution >= 0.6 is 0 Å². The Morgan fingerprint density at radius 1 is 1.48 bits per heavy atom. The van der Waals surface area contributed by atoms with E-state index in [1.165, 1.54) is 18.9 Å². The van der Waals surface area contributed by atoms with Gasteiger partial charge < -0.3 is 5.32 Å². The molecule has 2 unspecified atom stereocenters. The smallest absolute Gasteiger partial charge is 0.140 e. The number of nitriles is 1. The summed E-state index contributed by atoms with van der Waals surface area (Å²) in [6, 6.07) is 7.18. The lowest BCUT2D eigenvalue weighted by atomic mass is 9.84. The molecule has 0 spiro atoms. The Morgan fingerprint density at radius 2 is 2.29 bits per heavy atom. The average molecular weight is 289 g/mol. The second-order valence-electron chi connectivity index (χ2n) is 5.88. The van der Waals surface area contributed by atoms with E-state index in [0.717, 1.165) is 31.6 Å². The third kappa shape index (κ3) is 3.81. The molecule has 0 aromatic heterocycles. The highest BCUT2D eigenvalue weighted by molar-refractivity contribution is 5.36. The average Bonchev–Trinajstić information content (AvgIpc) is 2.49. The molecule has 114 valence electrons. The first kappa shape index (κ1) is 15.9. The van der Waals surface area contributed by atoms with Gasteiger partial charge in [0, 0.05) is 6.04 Å². The highest BCUT2D eigenvalue weighted by Crippen LogP contribution is 2.35. The molecule has 0 saturated carbocycles. The lowest BCUT2D eigenvalue weighted by Gasteiger charge is -2.40. The number of rotatable bonds is 5. The van der Waals surface area contributed by atoms with E-state index in [9.17, 15) is 4.39 Å². The van der Waals surface area contributed by atoms with Gasteiger partial charge in [0.2, 0.25) is 0 Å². The molecule has 1 heterocycles. The van der Waals surface area contributed by atoms with Gasteiger partial charge in [-0.25, -0.2) is 4.39 Å². The molecule has 3 nitrogen and oxygen atoms in total. The molecule has 2 atom stereocenters. The normalized spacial score (nSPS) is 23.0. The SMILES string of the molecule is CCCNCC1CCCN(C)C1c1ccc(F)c(C#N)c1. The molecule has 0 radical (unpaired) electrons. The topological polar surface area (TPSA) is 39.1 Å². The summed E-state index contributed by atoms with van der Waals surface area (Å²) in [4.78, 5) is 2.33. The van der Waals surface area contributed by atoms with Crippen molar-refractivity contribution in [3.8, 4) is 6.07 Å². The molecule has 0 amide bonds. The van der Waals surface area contributed by atoms with Gasteiger partial charge in [0.05, 0.1) is 5.56 Å². The molecule has 0 aliphatic carbocycles. The Hall–Kier alpha value is -1.44. The highest BCUT2D eigenvalue weighted by atomic mass is 19.1. The Morgan fingerprint density at radius 3 is 3.00 bits per heavy atom. The maximum atomic E-state index is 13.5. The number of nitrogens with zero attached hydrogens (tertiary/aromatic N) is 2. The van der Waals surface area contributed by atoms with Crippen molar-refractivity contribution in [1.29, 1.82) is 5.26 Å². The minimum atomic E-state index is -0.430. The molecular weight excluding hydrogens is 265 g/mol. The molecule has 1 fully saturated rings. The van der Waals surface area contributed by atoms with Crippen molar-refractivity contribution in [2.24, 2.45) is 5.92 Å². The predicted molar refractivity (Wildman–Crippen MR) is 82.4 cm³/mol. The Kier molecular flexibility index (Phi) is 5.72. The van der Waals surface area contributed by atoms with Gasteiger partial charge in [-0.15, -0.1) is 0 Å². The first-order chi connectivity index (χ1) is 10.2. The van der Waals surface area contributed by atoms with E-state index in [2.05, 4.69) is 24.2 Å². The van der Waals surface area contributed by atoms with Gasteiger partial charge in [-0.05, 0) is 69.6 Å². The van der Waals surface area contributed by atoms with Crippen molar-refractivity contribution >= 4 is 0 Å². The summed E-state index contributed by atoms with van der Waals surface area (Å²) in [6.07, 6.45) is 3.49. The van der Waals surface area contributed by atoms with Crippen LogP contribution in [0.25, 0.3) is 0 Å². The molecule has 1 aromatic carbocycles. The van der Waals surface area contributed by atoms with E-state index < -0.39 is 5.82 Å². The third-order valence-corrected chi connectivity index (χ3v) is 4.29. The van der Waals surface area contributed by atoms with E-state index in [1.807, 2.05) is 12.1 Å². The molecule has 1 N–H and O–H groups in total. The number of likely N-dealkylation sites (tertiary alicyclic amines) is 1. The number of benzene rings is 1. The summed E-state index contributed by atoms with van der Waals surface area (Å²) >= 11 is 0. The maximum Gasteiger partial charge on any atom is 0.140 e. The fourth-order valence-electron chi connectivity index (χ4n) is 3.28. The van der Waals surface area contributed by atoms with Gasteiger partial charge >= 0.3 is 0 Å². The van der Waals surface area contributed by atoms with E-state index in [0.29, 0.717) is 5.92 Å². The standard InChI is InChI=1S/C17H24FN3/c1-3-8-20-12-14-5-4-9-21(2)17(14)13-6-7-16(18)15(10-13)11-19/h6-7,10,14,17,20H,3-5,8-9,12H2,1-2H3. The third-order valence-electron chi connectivity index (χ3n) is 4.29. The minimum Gasteiger partial charge on any atom is -0.316 e. The van der Waals surface area contributed by atoms with Crippen LogP contribution in [0.2, 0.25) is 0 Å². The lowest BCUT2D eigenvalue weighted by Crippen LogP contribution is -2.40. The minimum absolute atomic E-state index is 0.145. The zero-order valence-corrected chi connectivity index (χ0v) is 12.9. The maximum absolute atomic E-state index is 13.5. The van der Waals surface area contributed by atoms with E-state index in [-0.39, 0.29) is 11.6 Å². The van der Waals surface area contributed by atoms with Crippen molar-refractivity contribution in [2.75, 3.05) is 26.7 Å². The summed E-state index contributed by atoms with van der Waals surface area (Å²) < 4.78 is 13.5.